The second-order valence-corrected chi connectivity index (χ2v) is 4.00. The number of hydrogen-bond acceptors (Lipinski definition) is 2. The van der Waals surface area contributed by atoms with E-state index in [1.807, 2.05) is 19.3 Å². The smallest absolute Gasteiger partial charge is 0.108 e. The summed E-state index contributed by atoms with van der Waals surface area (Å²) in [6.07, 6.45) is 6.46. The van der Waals surface area contributed by atoms with Crippen LogP contribution in [-0.4, -0.2) is 19.9 Å². The zero-order valence-electron chi connectivity index (χ0n) is 10.4. The van der Waals surface area contributed by atoms with Gasteiger partial charge in [0.1, 0.15) is 11.6 Å². The van der Waals surface area contributed by atoms with Crippen LogP contribution in [0.1, 0.15) is 44.0 Å². The van der Waals surface area contributed by atoms with Crippen molar-refractivity contribution < 1.29 is 0 Å². The van der Waals surface area contributed by atoms with Crippen LogP contribution >= 0.6 is 0 Å². The Morgan fingerprint density at radius 3 is 2.31 bits per heavy atom. The Morgan fingerprint density at radius 1 is 1.31 bits per heavy atom. The number of H-pyrrole nitrogens is 2. The van der Waals surface area contributed by atoms with Crippen molar-refractivity contribution in [3.05, 3.63) is 35.9 Å². The van der Waals surface area contributed by atoms with Gasteiger partial charge in [-0.2, -0.15) is 0 Å². The maximum absolute atomic E-state index is 4.08. The Hall–Kier alpha value is -1.58. The predicted octanol–water partition coefficient (Wildman–Crippen LogP) is 2.81. The van der Waals surface area contributed by atoms with Crippen molar-refractivity contribution in [1.29, 1.82) is 0 Å². The van der Waals surface area contributed by atoms with E-state index >= 15 is 0 Å². The molecule has 4 nitrogen and oxygen atoms in total. The molecule has 0 fully saturated rings. The molecule has 0 spiro atoms. The van der Waals surface area contributed by atoms with E-state index in [9.17, 15) is 0 Å². The molecular formula is C12H20N4. The molecule has 0 aliphatic rings. The number of imidazole rings is 2. The summed E-state index contributed by atoms with van der Waals surface area (Å²) < 4.78 is 0. The topological polar surface area (TPSA) is 57.4 Å². The number of nitrogens with zero attached hydrogens (tertiary/aromatic N) is 2. The molecule has 0 amide bonds. The largest absolute Gasteiger partial charge is 0.348 e. The molecule has 0 aliphatic carbocycles. The van der Waals surface area contributed by atoms with E-state index in [0.717, 1.165) is 23.8 Å². The number of hydrogen-bond donors (Lipinski definition) is 2. The number of nitrogens with one attached hydrogen (secondary N) is 2. The first-order chi connectivity index (χ1) is 7.63. The van der Waals surface area contributed by atoms with E-state index < -0.39 is 0 Å². The van der Waals surface area contributed by atoms with Crippen molar-refractivity contribution >= 4 is 0 Å². The highest BCUT2D eigenvalue weighted by Gasteiger charge is 1.96. The molecule has 2 heterocycles. The number of aryl methyl sites for hydroxylation is 2. The summed E-state index contributed by atoms with van der Waals surface area (Å²) >= 11 is 0. The van der Waals surface area contributed by atoms with Crippen LogP contribution in [0.3, 0.4) is 0 Å². The SMILES string of the molecule is CC(C)c1ncc[nH]1.CCc1ncc(C)[nH]1. The third-order valence-electron chi connectivity index (χ3n) is 2.16. The first-order valence-electron chi connectivity index (χ1n) is 5.63. The summed E-state index contributed by atoms with van der Waals surface area (Å²) in [5.41, 5.74) is 1.14. The zero-order chi connectivity index (χ0) is 12.0. The quantitative estimate of drug-likeness (QED) is 0.817. The Balaban J connectivity index is 0.000000160. The summed E-state index contributed by atoms with van der Waals surface area (Å²) in [5.74, 6) is 2.65. The van der Waals surface area contributed by atoms with Gasteiger partial charge >= 0.3 is 0 Å². The van der Waals surface area contributed by atoms with Gasteiger partial charge in [0.25, 0.3) is 0 Å². The van der Waals surface area contributed by atoms with Crippen molar-refractivity contribution in [2.24, 2.45) is 0 Å². The van der Waals surface area contributed by atoms with E-state index in [0.29, 0.717) is 5.92 Å². The van der Waals surface area contributed by atoms with Gasteiger partial charge in [-0.3, -0.25) is 0 Å². The summed E-state index contributed by atoms with van der Waals surface area (Å²) in [6, 6.07) is 0. The van der Waals surface area contributed by atoms with Gasteiger partial charge < -0.3 is 9.97 Å². The first-order valence-corrected chi connectivity index (χ1v) is 5.63. The Kier molecular flexibility index (Phi) is 4.76. The zero-order valence-corrected chi connectivity index (χ0v) is 10.4. The first kappa shape index (κ1) is 12.5. The summed E-state index contributed by atoms with van der Waals surface area (Å²) in [6.45, 7) is 8.31. The fourth-order valence-electron chi connectivity index (χ4n) is 1.24. The van der Waals surface area contributed by atoms with E-state index in [1.165, 1.54) is 0 Å². The molecule has 0 atom stereocenters. The highest BCUT2D eigenvalue weighted by Crippen LogP contribution is 2.05. The van der Waals surface area contributed by atoms with E-state index in [-0.39, 0.29) is 0 Å². The Labute approximate surface area is 96.5 Å². The lowest BCUT2D eigenvalue weighted by molar-refractivity contribution is 0.794. The number of rotatable bonds is 2. The molecule has 2 aromatic heterocycles. The molecular weight excluding hydrogens is 200 g/mol. The second kappa shape index (κ2) is 6.10. The van der Waals surface area contributed by atoms with Gasteiger partial charge in [-0.25, -0.2) is 9.97 Å². The third kappa shape index (κ3) is 3.88. The van der Waals surface area contributed by atoms with Crippen molar-refractivity contribution in [2.45, 2.75) is 40.0 Å². The van der Waals surface area contributed by atoms with Crippen LogP contribution < -0.4 is 0 Å². The van der Waals surface area contributed by atoms with Crippen LogP contribution in [0.2, 0.25) is 0 Å². The molecule has 4 heteroatoms. The van der Waals surface area contributed by atoms with Crippen LogP contribution in [0.25, 0.3) is 0 Å². The molecule has 0 aliphatic heterocycles. The molecule has 2 aromatic rings. The summed E-state index contributed by atoms with van der Waals surface area (Å²) in [5, 5.41) is 0. The minimum atomic E-state index is 0.519. The fraction of sp³-hybridized carbons (Fsp3) is 0.500. The summed E-state index contributed by atoms with van der Waals surface area (Å²) in [4.78, 5) is 14.3. The van der Waals surface area contributed by atoms with Gasteiger partial charge in [0.15, 0.2) is 0 Å². The van der Waals surface area contributed by atoms with Crippen molar-refractivity contribution in [2.75, 3.05) is 0 Å². The predicted molar refractivity (Wildman–Crippen MR) is 65.4 cm³/mol. The van der Waals surface area contributed by atoms with Crippen LogP contribution in [0, 0.1) is 6.92 Å². The van der Waals surface area contributed by atoms with Gasteiger partial charge in [0, 0.05) is 36.6 Å². The van der Waals surface area contributed by atoms with Gasteiger partial charge in [0.2, 0.25) is 0 Å². The summed E-state index contributed by atoms with van der Waals surface area (Å²) in [7, 11) is 0. The molecule has 88 valence electrons. The van der Waals surface area contributed by atoms with Gasteiger partial charge in [-0.1, -0.05) is 20.8 Å². The van der Waals surface area contributed by atoms with Gasteiger partial charge in [0.05, 0.1) is 0 Å². The van der Waals surface area contributed by atoms with Crippen molar-refractivity contribution in [3.8, 4) is 0 Å². The number of aromatic amines is 2. The van der Waals surface area contributed by atoms with Crippen LogP contribution in [-0.2, 0) is 6.42 Å². The monoisotopic (exact) mass is 220 g/mol. The lowest BCUT2D eigenvalue weighted by Crippen LogP contribution is -1.87. The minimum Gasteiger partial charge on any atom is -0.348 e. The molecule has 0 saturated carbocycles. The molecule has 2 rings (SSSR count). The standard InChI is InChI=1S/2C6H10N2/c1-5(2)6-7-3-4-8-6;1-3-6-7-4-5(2)8-6/h3-5H,1-2H3,(H,7,8);4H,3H2,1-2H3,(H,7,8). The van der Waals surface area contributed by atoms with Gasteiger partial charge in [-0.05, 0) is 6.92 Å². The van der Waals surface area contributed by atoms with E-state index in [4.69, 9.17) is 0 Å². The molecule has 0 saturated heterocycles. The molecule has 0 aromatic carbocycles. The fourth-order valence-corrected chi connectivity index (χ4v) is 1.24. The third-order valence-corrected chi connectivity index (χ3v) is 2.16. The van der Waals surface area contributed by atoms with E-state index in [1.54, 1.807) is 6.20 Å². The second-order valence-electron chi connectivity index (χ2n) is 4.00. The van der Waals surface area contributed by atoms with Crippen molar-refractivity contribution in [1.82, 2.24) is 19.9 Å². The maximum atomic E-state index is 4.08. The molecule has 0 unspecified atom stereocenters. The molecule has 0 bridgehead atoms. The average Bonchev–Trinajstić information content (AvgIpc) is 2.88. The van der Waals surface area contributed by atoms with Crippen LogP contribution in [0.4, 0.5) is 0 Å². The minimum absolute atomic E-state index is 0.519. The Bertz CT molecular complexity index is 387. The Morgan fingerprint density at radius 2 is 2.06 bits per heavy atom. The lowest BCUT2D eigenvalue weighted by atomic mass is 10.2. The molecule has 16 heavy (non-hydrogen) atoms. The molecule has 2 N–H and O–H groups in total. The van der Waals surface area contributed by atoms with Crippen molar-refractivity contribution in [3.63, 3.8) is 0 Å². The van der Waals surface area contributed by atoms with E-state index in [2.05, 4.69) is 40.7 Å². The lowest BCUT2D eigenvalue weighted by Gasteiger charge is -1.95. The van der Waals surface area contributed by atoms with Crippen LogP contribution in [0.15, 0.2) is 18.6 Å². The van der Waals surface area contributed by atoms with Gasteiger partial charge in [-0.15, -0.1) is 0 Å². The number of aromatic nitrogens is 4. The normalized spacial score (nSPS) is 10.1. The highest BCUT2D eigenvalue weighted by atomic mass is 14.9. The van der Waals surface area contributed by atoms with Crippen LogP contribution in [0.5, 0.6) is 0 Å². The molecule has 0 radical (unpaired) electrons. The maximum Gasteiger partial charge on any atom is 0.108 e. The highest BCUT2D eigenvalue weighted by molar-refractivity contribution is 4.97. The average molecular weight is 220 g/mol.